The summed E-state index contributed by atoms with van der Waals surface area (Å²) in [5.41, 5.74) is 3.49. The van der Waals surface area contributed by atoms with Crippen LogP contribution in [-0.4, -0.2) is 31.6 Å². The Morgan fingerprint density at radius 2 is 1.86 bits per heavy atom. The van der Waals surface area contributed by atoms with E-state index >= 15 is 0 Å². The van der Waals surface area contributed by atoms with Crippen LogP contribution in [-0.2, 0) is 24.8 Å². The van der Waals surface area contributed by atoms with Crippen LogP contribution in [0.15, 0.2) is 48.5 Å². The lowest BCUT2D eigenvalue weighted by atomic mass is 10.1. The molecule has 6 heteroatoms. The van der Waals surface area contributed by atoms with Crippen molar-refractivity contribution >= 4 is 23.2 Å². The van der Waals surface area contributed by atoms with Crippen LogP contribution >= 0.6 is 0 Å². The third-order valence-electron chi connectivity index (χ3n) is 5.33. The van der Waals surface area contributed by atoms with Gasteiger partial charge in [-0.05, 0) is 38.1 Å². The lowest BCUT2D eigenvalue weighted by molar-refractivity contribution is -0.149. The zero-order chi connectivity index (χ0) is 19.7. The Morgan fingerprint density at radius 3 is 2.57 bits per heavy atom. The normalized spacial score (nSPS) is 21.1. The molecule has 0 bridgehead atoms. The predicted octanol–water partition coefficient (Wildman–Crippen LogP) is 3.21. The summed E-state index contributed by atoms with van der Waals surface area (Å²) in [5.74, 6) is -1.35. The first-order valence-corrected chi connectivity index (χ1v) is 9.51. The van der Waals surface area contributed by atoms with Crippen LogP contribution in [0.4, 0.5) is 11.4 Å². The second-order valence-electron chi connectivity index (χ2n) is 7.45. The minimum atomic E-state index is -0.785. The molecule has 6 nitrogen and oxygen atoms in total. The minimum Gasteiger partial charge on any atom is -0.344 e. The largest absolute Gasteiger partial charge is 0.344 e. The second-order valence-corrected chi connectivity index (χ2v) is 7.45. The van der Waals surface area contributed by atoms with E-state index < -0.39 is 5.79 Å². The number of benzene rings is 2. The van der Waals surface area contributed by atoms with Crippen molar-refractivity contribution in [2.75, 3.05) is 30.0 Å². The average molecular weight is 380 g/mol. The first kappa shape index (κ1) is 18.7. The summed E-state index contributed by atoms with van der Waals surface area (Å²) >= 11 is 0. The standard InChI is InChI=1S/C22H24N2O4/c1-15-6-8-19(9-7-15)24-14-16(12-20(24)25)21(26)23-18-5-3-4-17(13-18)22(2)27-10-11-28-22/h3-9,13,16H,10-12,14H2,1-2H3,(H,23,26)/t16-/m1/s1. The zero-order valence-electron chi connectivity index (χ0n) is 16.1. The number of ether oxygens (including phenoxy) is 2. The van der Waals surface area contributed by atoms with Gasteiger partial charge in [-0.15, -0.1) is 0 Å². The highest BCUT2D eigenvalue weighted by Crippen LogP contribution is 2.32. The Bertz CT molecular complexity index is 888. The number of carbonyl (C=O) groups is 2. The van der Waals surface area contributed by atoms with Gasteiger partial charge >= 0.3 is 0 Å². The number of carbonyl (C=O) groups excluding carboxylic acids is 2. The van der Waals surface area contributed by atoms with Crippen molar-refractivity contribution in [1.29, 1.82) is 0 Å². The lowest BCUT2D eigenvalue weighted by Gasteiger charge is -2.23. The highest BCUT2D eigenvalue weighted by Gasteiger charge is 2.36. The fraction of sp³-hybridized carbons (Fsp3) is 0.364. The quantitative estimate of drug-likeness (QED) is 0.884. The van der Waals surface area contributed by atoms with Crippen LogP contribution < -0.4 is 10.2 Å². The van der Waals surface area contributed by atoms with Crippen molar-refractivity contribution in [3.63, 3.8) is 0 Å². The molecule has 2 fully saturated rings. The highest BCUT2D eigenvalue weighted by atomic mass is 16.7. The van der Waals surface area contributed by atoms with Crippen LogP contribution in [0.2, 0.25) is 0 Å². The number of aryl methyl sites for hydroxylation is 1. The van der Waals surface area contributed by atoms with E-state index in [1.807, 2.05) is 62.4 Å². The van der Waals surface area contributed by atoms with Crippen LogP contribution in [0.3, 0.4) is 0 Å². The average Bonchev–Trinajstić information content (AvgIpc) is 3.30. The van der Waals surface area contributed by atoms with E-state index in [1.54, 1.807) is 4.90 Å². The molecule has 0 aromatic heterocycles. The van der Waals surface area contributed by atoms with E-state index in [1.165, 1.54) is 0 Å². The summed E-state index contributed by atoms with van der Waals surface area (Å²) in [6, 6.07) is 15.2. The molecule has 2 aromatic rings. The van der Waals surface area contributed by atoms with Gasteiger partial charge in [-0.25, -0.2) is 0 Å². The number of rotatable bonds is 4. The molecule has 4 rings (SSSR count). The van der Waals surface area contributed by atoms with E-state index in [0.717, 1.165) is 16.8 Å². The van der Waals surface area contributed by atoms with Gasteiger partial charge in [-0.2, -0.15) is 0 Å². The van der Waals surface area contributed by atoms with Crippen molar-refractivity contribution in [3.05, 3.63) is 59.7 Å². The third kappa shape index (κ3) is 3.66. The van der Waals surface area contributed by atoms with Crippen LogP contribution in [0.1, 0.15) is 24.5 Å². The second kappa shape index (κ2) is 7.37. The van der Waals surface area contributed by atoms with Gasteiger partial charge in [0.15, 0.2) is 5.79 Å². The van der Waals surface area contributed by atoms with Gasteiger partial charge < -0.3 is 19.7 Å². The molecule has 1 N–H and O–H groups in total. The summed E-state index contributed by atoms with van der Waals surface area (Å²) in [5, 5.41) is 2.94. The van der Waals surface area contributed by atoms with Crippen molar-refractivity contribution in [3.8, 4) is 0 Å². The van der Waals surface area contributed by atoms with Gasteiger partial charge in [-0.1, -0.05) is 29.8 Å². The fourth-order valence-corrected chi connectivity index (χ4v) is 3.66. The Labute approximate surface area is 164 Å². The number of hydrogen-bond donors (Lipinski definition) is 1. The zero-order valence-corrected chi connectivity index (χ0v) is 16.1. The first-order chi connectivity index (χ1) is 13.4. The molecule has 2 amide bonds. The molecule has 0 saturated carbocycles. The lowest BCUT2D eigenvalue weighted by Crippen LogP contribution is -2.28. The maximum atomic E-state index is 12.8. The first-order valence-electron chi connectivity index (χ1n) is 9.51. The molecule has 28 heavy (non-hydrogen) atoms. The Morgan fingerprint density at radius 1 is 1.14 bits per heavy atom. The minimum absolute atomic E-state index is 0.0296. The van der Waals surface area contributed by atoms with E-state index in [4.69, 9.17) is 9.47 Å². The number of anilines is 2. The van der Waals surface area contributed by atoms with Gasteiger partial charge in [0.25, 0.3) is 0 Å². The number of nitrogens with one attached hydrogen (secondary N) is 1. The summed E-state index contributed by atoms with van der Waals surface area (Å²) in [4.78, 5) is 26.8. The molecule has 0 spiro atoms. The van der Waals surface area contributed by atoms with E-state index in [9.17, 15) is 9.59 Å². The molecule has 2 aliphatic heterocycles. The summed E-state index contributed by atoms with van der Waals surface area (Å²) < 4.78 is 11.4. The van der Waals surface area contributed by atoms with Crippen LogP contribution in [0.5, 0.6) is 0 Å². The van der Waals surface area contributed by atoms with Gasteiger partial charge in [0.05, 0.1) is 19.1 Å². The fourth-order valence-electron chi connectivity index (χ4n) is 3.66. The van der Waals surface area contributed by atoms with Crippen molar-refractivity contribution in [1.82, 2.24) is 0 Å². The molecule has 2 aliphatic rings. The van der Waals surface area contributed by atoms with Gasteiger partial charge in [0.1, 0.15) is 0 Å². The van der Waals surface area contributed by atoms with Gasteiger partial charge in [0.2, 0.25) is 11.8 Å². The SMILES string of the molecule is Cc1ccc(N2C[C@H](C(=O)Nc3cccc(C4(C)OCCO4)c3)CC2=O)cc1. The smallest absolute Gasteiger partial charge is 0.229 e. The summed E-state index contributed by atoms with van der Waals surface area (Å²) in [6.45, 7) is 5.35. The van der Waals surface area contributed by atoms with Crippen LogP contribution in [0, 0.1) is 12.8 Å². The molecule has 0 radical (unpaired) electrons. The Hall–Kier alpha value is -2.70. The maximum Gasteiger partial charge on any atom is 0.229 e. The number of hydrogen-bond acceptors (Lipinski definition) is 4. The summed E-state index contributed by atoms with van der Waals surface area (Å²) in [7, 11) is 0. The van der Waals surface area contributed by atoms with Crippen molar-refractivity contribution < 1.29 is 19.1 Å². The monoisotopic (exact) mass is 380 g/mol. The molecule has 2 heterocycles. The van der Waals surface area contributed by atoms with Crippen molar-refractivity contribution in [2.45, 2.75) is 26.1 Å². The van der Waals surface area contributed by atoms with Gasteiger partial charge in [-0.3, -0.25) is 9.59 Å². The Balaban J connectivity index is 1.44. The molecule has 2 aromatic carbocycles. The molecular formula is C22H24N2O4. The Kier molecular flexibility index (Phi) is 4.91. The third-order valence-corrected chi connectivity index (χ3v) is 5.33. The predicted molar refractivity (Wildman–Crippen MR) is 106 cm³/mol. The topological polar surface area (TPSA) is 67.9 Å². The molecule has 0 unspecified atom stereocenters. The van der Waals surface area contributed by atoms with E-state index in [0.29, 0.717) is 25.4 Å². The molecule has 2 saturated heterocycles. The van der Waals surface area contributed by atoms with Crippen molar-refractivity contribution in [2.24, 2.45) is 5.92 Å². The molecule has 146 valence electrons. The molecule has 0 aliphatic carbocycles. The summed E-state index contributed by atoms with van der Waals surface area (Å²) in [6.07, 6.45) is 0.212. The van der Waals surface area contributed by atoms with Gasteiger partial charge in [0, 0.05) is 29.9 Å². The number of nitrogens with zero attached hydrogens (tertiary/aromatic N) is 1. The number of amides is 2. The van der Waals surface area contributed by atoms with E-state index in [2.05, 4.69) is 5.32 Å². The molecular weight excluding hydrogens is 356 g/mol. The molecule has 1 atom stereocenters. The maximum absolute atomic E-state index is 12.8. The highest BCUT2D eigenvalue weighted by molar-refractivity contribution is 6.03. The van der Waals surface area contributed by atoms with Crippen LogP contribution in [0.25, 0.3) is 0 Å². The van der Waals surface area contributed by atoms with E-state index in [-0.39, 0.29) is 24.2 Å².